The second kappa shape index (κ2) is 7.13. The average molecular weight is 375 g/mol. The summed E-state index contributed by atoms with van der Waals surface area (Å²) in [5.41, 5.74) is 0.595. The van der Waals surface area contributed by atoms with Crippen LogP contribution in [0.1, 0.15) is 17.3 Å². The third-order valence-corrected chi connectivity index (χ3v) is 4.56. The fourth-order valence-electron chi connectivity index (χ4n) is 2.19. The number of hydrogen-bond acceptors (Lipinski definition) is 2. The summed E-state index contributed by atoms with van der Waals surface area (Å²) < 4.78 is 0.705. The first-order chi connectivity index (χ1) is 10.0. The minimum Gasteiger partial charge on any atom is -0.338 e. The Morgan fingerprint density at radius 1 is 1.24 bits per heavy atom. The highest BCUT2D eigenvalue weighted by Crippen LogP contribution is 2.24. The van der Waals surface area contributed by atoms with Gasteiger partial charge in [-0.1, -0.05) is 11.6 Å². The normalized spacial score (nSPS) is 15.0. The van der Waals surface area contributed by atoms with Gasteiger partial charge in [0, 0.05) is 42.8 Å². The summed E-state index contributed by atoms with van der Waals surface area (Å²) in [7, 11) is 0. The highest BCUT2D eigenvalue weighted by molar-refractivity contribution is 9.10. The first-order valence-corrected chi connectivity index (χ1v) is 7.97. The van der Waals surface area contributed by atoms with Crippen molar-refractivity contribution in [2.45, 2.75) is 6.92 Å². The Balaban J connectivity index is 1.97. The largest absolute Gasteiger partial charge is 0.338 e. The Hall–Kier alpha value is -1.27. The van der Waals surface area contributed by atoms with Crippen LogP contribution in [0.3, 0.4) is 0 Å². The van der Waals surface area contributed by atoms with Gasteiger partial charge in [-0.2, -0.15) is 0 Å². The number of amides is 3. The molecular weight excluding hydrogens is 358 g/mol. The lowest BCUT2D eigenvalue weighted by atomic mass is 10.2. The predicted octanol–water partition coefficient (Wildman–Crippen LogP) is 2.59. The van der Waals surface area contributed by atoms with Crippen molar-refractivity contribution in [1.29, 1.82) is 0 Å². The van der Waals surface area contributed by atoms with Gasteiger partial charge in [0.05, 0.1) is 5.02 Å². The van der Waals surface area contributed by atoms with Gasteiger partial charge in [-0.25, -0.2) is 4.79 Å². The molecule has 1 N–H and O–H groups in total. The Kier molecular flexibility index (Phi) is 5.47. The van der Waals surface area contributed by atoms with Gasteiger partial charge in [-0.15, -0.1) is 0 Å². The zero-order valence-electron chi connectivity index (χ0n) is 11.7. The fraction of sp³-hybridized carbons (Fsp3) is 0.429. The summed E-state index contributed by atoms with van der Waals surface area (Å²) in [6, 6.07) is 5.06. The van der Waals surface area contributed by atoms with Crippen LogP contribution in [-0.2, 0) is 0 Å². The molecule has 3 amide bonds. The van der Waals surface area contributed by atoms with Crippen LogP contribution in [0.5, 0.6) is 0 Å². The number of urea groups is 1. The van der Waals surface area contributed by atoms with E-state index in [2.05, 4.69) is 21.2 Å². The van der Waals surface area contributed by atoms with E-state index in [1.165, 1.54) is 0 Å². The third-order valence-electron chi connectivity index (χ3n) is 3.35. The van der Waals surface area contributed by atoms with Crippen LogP contribution >= 0.6 is 27.5 Å². The standard InChI is InChI=1S/C14H17BrClN3O2/c1-2-17-14(21)19-7-5-18(6-8-19)13(20)10-3-4-12(16)11(15)9-10/h3-4,9H,2,5-8H2,1H3,(H,17,21). The van der Waals surface area contributed by atoms with Gasteiger partial charge in [0.2, 0.25) is 0 Å². The van der Waals surface area contributed by atoms with Crippen LogP contribution in [-0.4, -0.2) is 54.5 Å². The molecule has 0 unspecified atom stereocenters. The van der Waals surface area contributed by atoms with E-state index in [-0.39, 0.29) is 11.9 Å². The van der Waals surface area contributed by atoms with Crippen LogP contribution in [0.25, 0.3) is 0 Å². The van der Waals surface area contributed by atoms with Gasteiger partial charge in [-0.05, 0) is 41.1 Å². The van der Waals surface area contributed by atoms with Gasteiger partial charge in [0.25, 0.3) is 5.91 Å². The van der Waals surface area contributed by atoms with Crippen molar-refractivity contribution in [2.24, 2.45) is 0 Å². The average Bonchev–Trinajstić information content (AvgIpc) is 2.50. The van der Waals surface area contributed by atoms with Crippen molar-refractivity contribution < 1.29 is 9.59 Å². The lowest BCUT2D eigenvalue weighted by molar-refractivity contribution is 0.0665. The molecule has 5 nitrogen and oxygen atoms in total. The number of nitrogens with one attached hydrogen (secondary N) is 1. The summed E-state index contributed by atoms with van der Waals surface area (Å²) in [4.78, 5) is 27.6. The first-order valence-electron chi connectivity index (χ1n) is 6.80. The number of rotatable bonds is 2. The summed E-state index contributed by atoms with van der Waals surface area (Å²) >= 11 is 9.25. The van der Waals surface area contributed by atoms with Crippen LogP contribution in [0.15, 0.2) is 22.7 Å². The van der Waals surface area contributed by atoms with E-state index in [4.69, 9.17) is 11.6 Å². The summed E-state index contributed by atoms with van der Waals surface area (Å²) in [5, 5.41) is 3.34. The minimum atomic E-state index is -0.0705. The Labute approximate surface area is 137 Å². The maximum Gasteiger partial charge on any atom is 0.317 e. The molecule has 0 aromatic heterocycles. The third kappa shape index (κ3) is 3.89. The second-order valence-electron chi connectivity index (χ2n) is 4.74. The second-order valence-corrected chi connectivity index (χ2v) is 6.01. The molecule has 0 saturated carbocycles. The molecule has 114 valence electrons. The molecule has 1 aliphatic heterocycles. The number of halogens is 2. The van der Waals surface area contributed by atoms with Gasteiger partial charge < -0.3 is 15.1 Å². The highest BCUT2D eigenvalue weighted by Gasteiger charge is 2.24. The molecule has 0 spiro atoms. The maximum atomic E-state index is 12.4. The lowest BCUT2D eigenvalue weighted by Crippen LogP contribution is -2.53. The van der Waals surface area contributed by atoms with Crippen molar-refractivity contribution in [3.8, 4) is 0 Å². The molecular formula is C14H17BrClN3O2. The van der Waals surface area contributed by atoms with E-state index >= 15 is 0 Å². The zero-order valence-corrected chi connectivity index (χ0v) is 14.1. The topological polar surface area (TPSA) is 52.7 Å². The number of carbonyl (C=O) groups excluding carboxylic acids is 2. The van der Waals surface area contributed by atoms with Crippen LogP contribution in [0, 0.1) is 0 Å². The minimum absolute atomic E-state index is 0.0390. The Morgan fingerprint density at radius 2 is 1.86 bits per heavy atom. The Morgan fingerprint density at radius 3 is 2.43 bits per heavy atom. The maximum absolute atomic E-state index is 12.4. The molecule has 1 aliphatic rings. The fourth-order valence-corrected chi connectivity index (χ4v) is 2.68. The molecule has 21 heavy (non-hydrogen) atoms. The van der Waals surface area contributed by atoms with E-state index in [0.29, 0.717) is 47.8 Å². The van der Waals surface area contributed by atoms with Crippen molar-refractivity contribution in [2.75, 3.05) is 32.7 Å². The monoisotopic (exact) mass is 373 g/mol. The van der Waals surface area contributed by atoms with Crippen molar-refractivity contribution in [1.82, 2.24) is 15.1 Å². The van der Waals surface area contributed by atoms with Crippen LogP contribution in [0.2, 0.25) is 5.02 Å². The van der Waals surface area contributed by atoms with Crippen LogP contribution < -0.4 is 5.32 Å². The molecule has 0 radical (unpaired) electrons. The van der Waals surface area contributed by atoms with Gasteiger partial charge >= 0.3 is 6.03 Å². The molecule has 1 fully saturated rings. The number of piperazine rings is 1. The van der Waals surface area contributed by atoms with E-state index in [9.17, 15) is 9.59 Å². The van der Waals surface area contributed by atoms with E-state index in [1.807, 2.05) is 6.92 Å². The molecule has 2 rings (SSSR count). The van der Waals surface area contributed by atoms with Gasteiger partial charge in [0.1, 0.15) is 0 Å². The smallest absolute Gasteiger partial charge is 0.317 e. The van der Waals surface area contributed by atoms with Crippen molar-refractivity contribution >= 4 is 39.5 Å². The molecule has 7 heteroatoms. The van der Waals surface area contributed by atoms with Crippen LogP contribution in [0.4, 0.5) is 4.79 Å². The first kappa shape index (κ1) is 16.1. The molecule has 1 aromatic carbocycles. The van der Waals surface area contributed by atoms with Crippen molar-refractivity contribution in [3.05, 3.63) is 33.3 Å². The summed E-state index contributed by atoms with van der Waals surface area (Å²) in [6.45, 7) is 4.66. The Bertz CT molecular complexity index is 545. The lowest BCUT2D eigenvalue weighted by Gasteiger charge is -2.34. The molecule has 1 saturated heterocycles. The SMILES string of the molecule is CCNC(=O)N1CCN(C(=O)c2ccc(Cl)c(Br)c2)CC1. The number of nitrogens with zero attached hydrogens (tertiary/aromatic N) is 2. The highest BCUT2D eigenvalue weighted by atomic mass is 79.9. The predicted molar refractivity (Wildman–Crippen MR) is 85.7 cm³/mol. The molecule has 1 aromatic rings. The molecule has 0 atom stereocenters. The summed E-state index contributed by atoms with van der Waals surface area (Å²) in [6.07, 6.45) is 0. The molecule has 0 aliphatic carbocycles. The van der Waals surface area contributed by atoms with E-state index < -0.39 is 0 Å². The number of carbonyl (C=O) groups is 2. The summed E-state index contributed by atoms with van der Waals surface area (Å²) in [5.74, 6) is -0.0390. The molecule has 0 bridgehead atoms. The number of benzene rings is 1. The number of hydrogen-bond donors (Lipinski definition) is 1. The van der Waals surface area contributed by atoms with Crippen molar-refractivity contribution in [3.63, 3.8) is 0 Å². The van der Waals surface area contributed by atoms with Gasteiger partial charge in [-0.3, -0.25) is 4.79 Å². The van der Waals surface area contributed by atoms with E-state index in [1.54, 1.807) is 28.0 Å². The quantitative estimate of drug-likeness (QED) is 0.865. The zero-order chi connectivity index (χ0) is 15.4. The van der Waals surface area contributed by atoms with E-state index in [0.717, 1.165) is 0 Å². The van der Waals surface area contributed by atoms with Gasteiger partial charge in [0.15, 0.2) is 0 Å². The molecule has 1 heterocycles.